The summed E-state index contributed by atoms with van der Waals surface area (Å²) in [7, 11) is 1.56. The Labute approximate surface area is 204 Å². The number of aryl methyl sites for hydroxylation is 1. The maximum absolute atomic E-state index is 13.3. The van der Waals surface area contributed by atoms with Gasteiger partial charge >= 0.3 is 6.09 Å². The molecular formula is C26H29N5O4. The second-order valence-electron chi connectivity index (χ2n) is 9.36. The predicted octanol–water partition coefficient (Wildman–Crippen LogP) is 3.07. The number of aromatic nitrogens is 1. The first kappa shape index (κ1) is 23.1. The number of carbonyl (C=O) groups is 2. The lowest BCUT2D eigenvalue weighted by atomic mass is 10.0. The van der Waals surface area contributed by atoms with E-state index in [4.69, 9.17) is 14.5 Å². The second kappa shape index (κ2) is 9.55. The second-order valence-corrected chi connectivity index (χ2v) is 9.36. The van der Waals surface area contributed by atoms with Gasteiger partial charge in [-0.2, -0.15) is 5.26 Å². The molecule has 9 nitrogen and oxygen atoms in total. The Balaban J connectivity index is 1.28. The molecule has 2 amide bonds. The molecule has 3 fully saturated rings. The quantitative estimate of drug-likeness (QED) is 0.633. The molecule has 0 N–H and O–H groups in total. The van der Waals surface area contributed by atoms with Crippen molar-refractivity contribution in [2.24, 2.45) is 0 Å². The fourth-order valence-electron chi connectivity index (χ4n) is 4.90. The molecule has 1 atom stereocenters. The summed E-state index contributed by atoms with van der Waals surface area (Å²) in [5, 5.41) is 9.76. The lowest BCUT2D eigenvalue weighted by Gasteiger charge is -2.36. The van der Waals surface area contributed by atoms with Gasteiger partial charge in [0, 0.05) is 45.2 Å². The van der Waals surface area contributed by atoms with E-state index in [0.717, 1.165) is 5.82 Å². The van der Waals surface area contributed by atoms with Gasteiger partial charge in [0.05, 0.1) is 23.8 Å². The van der Waals surface area contributed by atoms with Gasteiger partial charge in [-0.05, 0) is 55.0 Å². The highest BCUT2D eigenvalue weighted by Gasteiger charge is 2.35. The summed E-state index contributed by atoms with van der Waals surface area (Å²) in [6.45, 7) is 5.09. The number of nitrogens with zero attached hydrogens (tertiary/aromatic N) is 5. The average Bonchev–Trinajstić information content (AvgIpc) is 3.67. The Morgan fingerprint density at radius 1 is 1.23 bits per heavy atom. The normalized spacial score (nSPS) is 20.1. The molecule has 0 bridgehead atoms. The molecule has 2 aromatic rings. The molecule has 9 heteroatoms. The van der Waals surface area contributed by atoms with E-state index >= 15 is 0 Å². The number of nitriles is 1. The van der Waals surface area contributed by atoms with E-state index in [0.29, 0.717) is 50.0 Å². The first-order chi connectivity index (χ1) is 17.0. The zero-order chi connectivity index (χ0) is 24.5. The summed E-state index contributed by atoms with van der Waals surface area (Å²) in [4.78, 5) is 35.7. The molecule has 2 aliphatic heterocycles. The smallest absolute Gasteiger partial charge is 0.414 e. The van der Waals surface area contributed by atoms with Crippen molar-refractivity contribution in [2.75, 3.05) is 56.3 Å². The van der Waals surface area contributed by atoms with Gasteiger partial charge in [0.15, 0.2) is 0 Å². The Morgan fingerprint density at radius 3 is 2.66 bits per heavy atom. The fraction of sp³-hybridized carbons (Fsp3) is 0.462. The number of benzene rings is 1. The minimum absolute atomic E-state index is 0.182. The topological polar surface area (TPSA) is 99.0 Å². The third kappa shape index (κ3) is 4.54. The molecule has 1 aromatic carbocycles. The standard InChI is InChI=1S/C26H29N5O4/c1-17-11-20(18-3-4-18)14-28-24(17)29-7-9-30(10-8-29)25(32)23-6-5-21(12-19(23)13-27)31-22(15-34-2)16-35-26(31)33/h5-6,11-12,14,18,22H,3-4,7-10,15-16H2,1-2H3. The van der Waals surface area contributed by atoms with Gasteiger partial charge in [0.2, 0.25) is 0 Å². The molecule has 5 rings (SSSR count). The van der Waals surface area contributed by atoms with Crippen molar-refractivity contribution in [3.8, 4) is 6.07 Å². The molecule has 0 spiro atoms. The number of methoxy groups -OCH3 is 1. The van der Waals surface area contributed by atoms with Crippen LogP contribution in [0.3, 0.4) is 0 Å². The number of rotatable bonds is 6. The van der Waals surface area contributed by atoms with Gasteiger partial charge in [-0.15, -0.1) is 0 Å². The van der Waals surface area contributed by atoms with E-state index in [1.807, 2.05) is 6.20 Å². The van der Waals surface area contributed by atoms with Gasteiger partial charge < -0.3 is 19.3 Å². The molecule has 2 saturated heterocycles. The number of pyridine rings is 1. The highest BCUT2D eigenvalue weighted by Crippen LogP contribution is 2.40. The highest BCUT2D eigenvalue weighted by molar-refractivity contribution is 5.98. The summed E-state index contributed by atoms with van der Waals surface area (Å²) < 4.78 is 10.3. The molecule has 1 unspecified atom stereocenters. The van der Waals surface area contributed by atoms with Crippen LogP contribution in [0.2, 0.25) is 0 Å². The van der Waals surface area contributed by atoms with E-state index in [1.54, 1.807) is 30.2 Å². The van der Waals surface area contributed by atoms with E-state index in [2.05, 4.69) is 24.0 Å². The Morgan fingerprint density at radius 2 is 2.00 bits per heavy atom. The summed E-state index contributed by atoms with van der Waals surface area (Å²) in [5.41, 5.74) is 3.58. The van der Waals surface area contributed by atoms with Crippen LogP contribution in [0.5, 0.6) is 0 Å². The van der Waals surface area contributed by atoms with E-state index in [-0.39, 0.29) is 24.1 Å². The van der Waals surface area contributed by atoms with Crippen molar-refractivity contribution < 1.29 is 19.1 Å². The number of hydrogen-bond donors (Lipinski definition) is 0. The van der Waals surface area contributed by atoms with Crippen molar-refractivity contribution in [3.63, 3.8) is 0 Å². The van der Waals surface area contributed by atoms with Crippen LogP contribution < -0.4 is 9.80 Å². The number of ether oxygens (including phenoxy) is 2. The van der Waals surface area contributed by atoms with Crippen LogP contribution in [0.4, 0.5) is 16.3 Å². The monoisotopic (exact) mass is 475 g/mol. The SMILES string of the molecule is COCC1COC(=O)N1c1ccc(C(=O)N2CCN(c3ncc(C4CC4)cc3C)CC2)c(C#N)c1. The minimum Gasteiger partial charge on any atom is -0.447 e. The summed E-state index contributed by atoms with van der Waals surface area (Å²) in [5.74, 6) is 1.47. The molecule has 35 heavy (non-hydrogen) atoms. The van der Waals surface area contributed by atoms with Crippen molar-refractivity contribution >= 4 is 23.5 Å². The number of piperazine rings is 1. The van der Waals surface area contributed by atoms with Gasteiger partial charge in [-0.25, -0.2) is 9.78 Å². The average molecular weight is 476 g/mol. The summed E-state index contributed by atoms with van der Waals surface area (Å²) in [6, 6.07) is 8.98. The zero-order valence-corrected chi connectivity index (χ0v) is 20.1. The van der Waals surface area contributed by atoms with Crippen LogP contribution in [-0.2, 0) is 9.47 Å². The molecular weight excluding hydrogens is 446 g/mol. The Hall–Kier alpha value is -3.64. The Kier molecular flexibility index (Phi) is 6.31. The van der Waals surface area contributed by atoms with Crippen LogP contribution in [0, 0.1) is 18.3 Å². The molecule has 3 aliphatic rings. The lowest BCUT2D eigenvalue weighted by Crippen LogP contribution is -2.49. The first-order valence-electron chi connectivity index (χ1n) is 12.0. The predicted molar refractivity (Wildman–Crippen MR) is 130 cm³/mol. The van der Waals surface area contributed by atoms with Crippen LogP contribution >= 0.6 is 0 Å². The minimum atomic E-state index is -0.486. The zero-order valence-electron chi connectivity index (χ0n) is 20.1. The van der Waals surface area contributed by atoms with Crippen LogP contribution in [0.15, 0.2) is 30.5 Å². The van der Waals surface area contributed by atoms with Gasteiger partial charge in [-0.3, -0.25) is 9.69 Å². The van der Waals surface area contributed by atoms with Crippen molar-refractivity contribution in [2.45, 2.75) is 31.7 Å². The van der Waals surface area contributed by atoms with Crippen LogP contribution in [-0.4, -0.2) is 74.4 Å². The summed E-state index contributed by atoms with van der Waals surface area (Å²) in [6.07, 6.45) is 4.01. The maximum Gasteiger partial charge on any atom is 0.414 e. The third-order valence-electron chi connectivity index (χ3n) is 6.94. The molecule has 0 radical (unpaired) electrons. The number of cyclic esters (lactones) is 1. The van der Waals surface area contributed by atoms with E-state index < -0.39 is 6.09 Å². The molecule has 3 heterocycles. The van der Waals surface area contributed by atoms with Crippen molar-refractivity contribution in [1.29, 1.82) is 5.26 Å². The first-order valence-corrected chi connectivity index (χ1v) is 12.0. The summed E-state index contributed by atoms with van der Waals surface area (Å²) >= 11 is 0. The molecule has 1 aliphatic carbocycles. The maximum atomic E-state index is 13.3. The highest BCUT2D eigenvalue weighted by atomic mass is 16.6. The number of amides is 2. The lowest BCUT2D eigenvalue weighted by molar-refractivity contribution is 0.0746. The third-order valence-corrected chi connectivity index (χ3v) is 6.94. The molecule has 182 valence electrons. The fourth-order valence-corrected chi connectivity index (χ4v) is 4.90. The van der Waals surface area contributed by atoms with Gasteiger partial charge in [0.25, 0.3) is 5.91 Å². The number of anilines is 2. The number of carbonyl (C=O) groups excluding carboxylic acids is 2. The molecule has 1 saturated carbocycles. The number of hydrogen-bond acceptors (Lipinski definition) is 7. The largest absolute Gasteiger partial charge is 0.447 e. The van der Waals surface area contributed by atoms with Gasteiger partial charge in [0.1, 0.15) is 18.5 Å². The van der Waals surface area contributed by atoms with Crippen LogP contribution in [0.1, 0.15) is 45.8 Å². The van der Waals surface area contributed by atoms with Crippen LogP contribution in [0.25, 0.3) is 0 Å². The van der Waals surface area contributed by atoms with Gasteiger partial charge in [-0.1, -0.05) is 6.07 Å². The Bertz CT molecular complexity index is 1180. The van der Waals surface area contributed by atoms with Crippen molar-refractivity contribution in [3.05, 3.63) is 52.7 Å². The van der Waals surface area contributed by atoms with Crippen molar-refractivity contribution in [1.82, 2.24) is 9.88 Å². The van der Waals surface area contributed by atoms with E-state index in [9.17, 15) is 14.9 Å². The molecule has 1 aromatic heterocycles. The van der Waals surface area contributed by atoms with E-state index in [1.165, 1.54) is 28.9 Å².